The highest BCUT2D eigenvalue weighted by Gasteiger charge is 2.41. The van der Waals surface area contributed by atoms with Gasteiger partial charge in [-0.25, -0.2) is 0 Å². The molecule has 0 spiro atoms. The zero-order valence-electron chi connectivity index (χ0n) is 11.6. The minimum atomic E-state index is -4.10. The highest BCUT2D eigenvalue weighted by Crippen LogP contribution is 2.27. The third-order valence-electron chi connectivity index (χ3n) is 4.09. The molecule has 0 aromatic carbocycles. The minimum absolute atomic E-state index is 0.0165. The Bertz CT molecular complexity index is 249. The summed E-state index contributed by atoms with van der Waals surface area (Å²) in [6.45, 7) is 6.51. The normalized spacial score (nSPS) is 25.3. The Labute approximate surface area is 108 Å². The number of nitrogens with one attached hydrogen (secondary N) is 1. The van der Waals surface area contributed by atoms with Crippen molar-refractivity contribution in [3.63, 3.8) is 0 Å². The summed E-state index contributed by atoms with van der Waals surface area (Å²) in [7, 11) is 0. The van der Waals surface area contributed by atoms with Gasteiger partial charge in [-0.15, -0.1) is 0 Å². The molecule has 0 aromatic rings. The lowest BCUT2D eigenvalue weighted by molar-refractivity contribution is -0.157. The van der Waals surface area contributed by atoms with Gasteiger partial charge in [0, 0.05) is 24.7 Å². The van der Waals surface area contributed by atoms with Crippen LogP contribution in [0.3, 0.4) is 0 Å². The number of hydrogen-bond acceptors (Lipinski definition) is 2. The first-order chi connectivity index (χ1) is 8.36. The summed E-state index contributed by atoms with van der Waals surface area (Å²) in [6, 6.07) is 0.0165. The summed E-state index contributed by atoms with van der Waals surface area (Å²) < 4.78 is 38.0. The Kier molecular flexibility index (Phi) is 5.46. The van der Waals surface area contributed by atoms with Gasteiger partial charge in [0.1, 0.15) is 0 Å². The highest BCUT2D eigenvalue weighted by atomic mass is 19.4. The van der Waals surface area contributed by atoms with Crippen LogP contribution in [-0.2, 0) is 0 Å². The number of nitrogens with zero attached hydrogens (tertiary/aromatic N) is 1. The van der Waals surface area contributed by atoms with E-state index in [-0.39, 0.29) is 11.6 Å². The number of halogens is 3. The van der Waals surface area contributed by atoms with Gasteiger partial charge >= 0.3 is 6.18 Å². The fourth-order valence-corrected chi connectivity index (χ4v) is 2.79. The molecule has 5 heteroatoms. The van der Waals surface area contributed by atoms with Gasteiger partial charge in [0.2, 0.25) is 0 Å². The molecule has 1 rings (SSSR count). The van der Waals surface area contributed by atoms with Crippen LogP contribution in [0.1, 0.15) is 46.5 Å². The first-order valence-corrected chi connectivity index (χ1v) is 6.91. The number of piperazine rings is 1. The van der Waals surface area contributed by atoms with Gasteiger partial charge in [-0.3, -0.25) is 4.90 Å². The van der Waals surface area contributed by atoms with E-state index < -0.39 is 12.7 Å². The molecule has 0 saturated carbocycles. The maximum absolute atomic E-state index is 12.7. The van der Waals surface area contributed by atoms with Crippen LogP contribution >= 0.6 is 0 Å². The zero-order chi connectivity index (χ0) is 13.8. The summed E-state index contributed by atoms with van der Waals surface area (Å²) >= 11 is 0. The average Bonchev–Trinajstić information content (AvgIpc) is 2.30. The maximum atomic E-state index is 12.7. The van der Waals surface area contributed by atoms with Gasteiger partial charge in [0.25, 0.3) is 0 Å². The van der Waals surface area contributed by atoms with Gasteiger partial charge in [0.15, 0.2) is 0 Å². The first kappa shape index (κ1) is 15.8. The fourth-order valence-electron chi connectivity index (χ4n) is 2.79. The van der Waals surface area contributed by atoms with Crippen LogP contribution in [-0.4, -0.2) is 42.3 Å². The predicted molar refractivity (Wildman–Crippen MR) is 67.6 cm³/mol. The molecule has 0 amide bonds. The lowest BCUT2D eigenvalue weighted by Gasteiger charge is -2.47. The quantitative estimate of drug-likeness (QED) is 0.822. The second kappa shape index (κ2) is 6.24. The lowest BCUT2D eigenvalue weighted by Crippen LogP contribution is -2.64. The SMILES string of the molecule is CCCC1CNC(CC)(CC)CN1CC(F)(F)F. The topological polar surface area (TPSA) is 15.3 Å². The molecular weight excluding hydrogens is 241 g/mol. The molecule has 1 saturated heterocycles. The van der Waals surface area contributed by atoms with Crippen molar-refractivity contribution in [1.29, 1.82) is 0 Å². The van der Waals surface area contributed by atoms with Crippen molar-refractivity contribution in [3.05, 3.63) is 0 Å². The predicted octanol–water partition coefficient (Wildman–Crippen LogP) is 3.18. The van der Waals surface area contributed by atoms with Crippen molar-refractivity contribution in [3.8, 4) is 0 Å². The van der Waals surface area contributed by atoms with E-state index in [1.54, 1.807) is 4.90 Å². The van der Waals surface area contributed by atoms with Crippen LogP contribution in [0.5, 0.6) is 0 Å². The second-order valence-corrected chi connectivity index (χ2v) is 5.33. The number of hydrogen-bond donors (Lipinski definition) is 1. The number of rotatable bonds is 5. The van der Waals surface area contributed by atoms with Crippen molar-refractivity contribution in [2.75, 3.05) is 19.6 Å². The Hall–Kier alpha value is -0.290. The smallest absolute Gasteiger partial charge is 0.308 e. The molecule has 1 heterocycles. The van der Waals surface area contributed by atoms with Crippen molar-refractivity contribution in [1.82, 2.24) is 10.2 Å². The molecule has 1 aliphatic rings. The molecule has 1 unspecified atom stereocenters. The summed E-state index contributed by atoms with van der Waals surface area (Å²) in [4.78, 5) is 1.63. The Morgan fingerprint density at radius 1 is 1.22 bits per heavy atom. The van der Waals surface area contributed by atoms with Crippen LogP contribution < -0.4 is 5.32 Å². The van der Waals surface area contributed by atoms with Crippen molar-refractivity contribution in [2.45, 2.75) is 64.2 Å². The van der Waals surface area contributed by atoms with E-state index in [0.717, 1.165) is 25.7 Å². The molecule has 2 nitrogen and oxygen atoms in total. The minimum Gasteiger partial charge on any atom is -0.308 e. The summed E-state index contributed by atoms with van der Waals surface area (Å²) in [5.41, 5.74) is -0.143. The average molecular weight is 266 g/mol. The summed E-state index contributed by atoms with van der Waals surface area (Å²) in [5, 5.41) is 3.47. The van der Waals surface area contributed by atoms with Crippen LogP contribution in [0.25, 0.3) is 0 Å². The van der Waals surface area contributed by atoms with Gasteiger partial charge in [-0.05, 0) is 19.3 Å². The number of alkyl halides is 3. The third kappa shape index (κ3) is 4.12. The third-order valence-corrected chi connectivity index (χ3v) is 4.09. The Morgan fingerprint density at radius 2 is 1.83 bits per heavy atom. The molecular formula is C13H25F3N2. The van der Waals surface area contributed by atoms with E-state index in [9.17, 15) is 13.2 Å². The van der Waals surface area contributed by atoms with E-state index in [2.05, 4.69) is 5.32 Å². The highest BCUT2D eigenvalue weighted by molar-refractivity contribution is 4.97. The van der Waals surface area contributed by atoms with E-state index in [4.69, 9.17) is 0 Å². The van der Waals surface area contributed by atoms with Crippen LogP contribution in [0.4, 0.5) is 13.2 Å². The van der Waals surface area contributed by atoms with Crippen LogP contribution in [0, 0.1) is 0 Å². The monoisotopic (exact) mass is 266 g/mol. The van der Waals surface area contributed by atoms with Gasteiger partial charge in [0.05, 0.1) is 6.54 Å². The lowest BCUT2D eigenvalue weighted by atomic mass is 9.88. The maximum Gasteiger partial charge on any atom is 0.401 e. The summed E-state index contributed by atoms with van der Waals surface area (Å²) in [5.74, 6) is 0. The largest absolute Gasteiger partial charge is 0.401 e. The molecule has 1 atom stereocenters. The summed E-state index contributed by atoms with van der Waals surface area (Å²) in [6.07, 6.45) is -0.609. The molecule has 0 aliphatic carbocycles. The Morgan fingerprint density at radius 3 is 2.28 bits per heavy atom. The van der Waals surface area contributed by atoms with E-state index >= 15 is 0 Å². The second-order valence-electron chi connectivity index (χ2n) is 5.33. The molecule has 0 radical (unpaired) electrons. The molecule has 108 valence electrons. The molecule has 18 heavy (non-hydrogen) atoms. The van der Waals surface area contributed by atoms with E-state index in [1.165, 1.54) is 0 Å². The van der Waals surface area contributed by atoms with E-state index in [0.29, 0.717) is 13.1 Å². The van der Waals surface area contributed by atoms with Crippen LogP contribution in [0.2, 0.25) is 0 Å². The standard InChI is InChI=1S/C13H25F3N2/c1-4-7-11-8-17-12(5-2,6-3)9-18(11)10-13(14,15)16/h11,17H,4-10H2,1-3H3. The van der Waals surface area contributed by atoms with E-state index in [1.807, 2.05) is 20.8 Å². The van der Waals surface area contributed by atoms with Crippen LogP contribution in [0.15, 0.2) is 0 Å². The molecule has 0 bridgehead atoms. The van der Waals surface area contributed by atoms with Crippen molar-refractivity contribution < 1.29 is 13.2 Å². The van der Waals surface area contributed by atoms with Crippen molar-refractivity contribution >= 4 is 0 Å². The molecule has 1 fully saturated rings. The fraction of sp³-hybridized carbons (Fsp3) is 1.00. The molecule has 1 aliphatic heterocycles. The zero-order valence-corrected chi connectivity index (χ0v) is 11.6. The van der Waals surface area contributed by atoms with Gasteiger partial charge in [-0.2, -0.15) is 13.2 Å². The van der Waals surface area contributed by atoms with Gasteiger partial charge in [-0.1, -0.05) is 27.2 Å². The van der Waals surface area contributed by atoms with Gasteiger partial charge < -0.3 is 5.32 Å². The van der Waals surface area contributed by atoms with Crippen molar-refractivity contribution in [2.24, 2.45) is 0 Å². The first-order valence-electron chi connectivity index (χ1n) is 6.91. The molecule has 0 aromatic heterocycles. The Balaban J connectivity index is 2.75. The molecule has 1 N–H and O–H groups in total.